The highest BCUT2D eigenvalue weighted by molar-refractivity contribution is 7.09. The number of aryl methyl sites for hydroxylation is 1. The van der Waals surface area contributed by atoms with Gasteiger partial charge in [-0.2, -0.15) is 4.37 Å². The second kappa shape index (κ2) is 4.67. The van der Waals surface area contributed by atoms with E-state index in [-0.39, 0.29) is 12.0 Å². The SMILES string of the molecule is CCc1nsc(NC2CCCC2(C)CO)n1. The van der Waals surface area contributed by atoms with Crippen molar-refractivity contribution >= 4 is 16.7 Å². The van der Waals surface area contributed by atoms with Gasteiger partial charge in [-0.3, -0.25) is 0 Å². The fourth-order valence-electron chi connectivity index (χ4n) is 2.27. The first-order chi connectivity index (χ1) is 7.68. The van der Waals surface area contributed by atoms with Gasteiger partial charge in [0.25, 0.3) is 0 Å². The van der Waals surface area contributed by atoms with E-state index in [0.717, 1.165) is 30.2 Å². The monoisotopic (exact) mass is 241 g/mol. The van der Waals surface area contributed by atoms with Crippen molar-refractivity contribution in [1.29, 1.82) is 0 Å². The molecule has 0 aliphatic heterocycles. The van der Waals surface area contributed by atoms with E-state index in [2.05, 4.69) is 28.5 Å². The summed E-state index contributed by atoms with van der Waals surface area (Å²) in [5, 5.41) is 13.8. The molecule has 5 heteroatoms. The average Bonchev–Trinajstić information content (AvgIpc) is 2.88. The van der Waals surface area contributed by atoms with Gasteiger partial charge in [0.15, 0.2) is 0 Å². The Morgan fingerprint density at radius 2 is 2.44 bits per heavy atom. The van der Waals surface area contributed by atoms with Gasteiger partial charge in [0.05, 0.1) is 6.61 Å². The third kappa shape index (κ3) is 2.20. The lowest BCUT2D eigenvalue weighted by molar-refractivity contribution is 0.139. The topological polar surface area (TPSA) is 58.0 Å². The Bertz CT molecular complexity index is 355. The van der Waals surface area contributed by atoms with Crippen molar-refractivity contribution < 1.29 is 5.11 Å². The van der Waals surface area contributed by atoms with Crippen LogP contribution in [0, 0.1) is 5.41 Å². The summed E-state index contributed by atoms with van der Waals surface area (Å²) in [6.07, 6.45) is 4.24. The molecule has 1 fully saturated rings. The predicted molar refractivity (Wildman–Crippen MR) is 65.7 cm³/mol. The van der Waals surface area contributed by atoms with Crippen molar-refractivity contribution in [2.75, 3.05) is 11.9 Å². The van der Waals surface area contributed by atoms with Gasteiger partial charge in [-0.15, -0.1) is 0 Å². The van der Waals surface area contributed by atoms with Gasteiger partial charge in [-0.1, -0.05) is 20.3 Å². The Hall–Kier alpha value is -0.680. The van der Waals surface area contributed by atoms with E-state index in [1.54, 1.807) is 0 Å². The molecule has 0 spiro atoms. The Morgan fingerprint density at radius 1 is 1.62 bits per heavy atom. The van der Waals surface area contributed by atoms with E-state index in [0.29, 0.717) is 6.04 Å². The number of hydrogen-bond donors (Lipinski definition) is 2. The number of aliphatic hydroxyl groups excluding tert-OH is 1. The van der Waals surface area contributed by atoms with Gasteiger partial charge >= 0.3 is 0 Å². The number of rotatable bonds is 4. The first kappa shape index (κ1) is 11.8. The smallest absolute Gasteiger partial charge is 0.202 e. The minimum Gasteiger partial charge on any atom is -0.396 e. The highest BCUT2D eigenvalue weighted by atomic mass is 32.1. The third-order valence-corrected chi connectivity index (χ3v) is 4.21. The molecule has 1 heterocycles. The van der Waals surface area contributed by atoms with Crippen molar-refractivity contribution in [2.24, 2.45) is 5.41 Å². The van der Waals surface area contributed by atoms with Crippen LogP contribution < -0.4 is 5.32 Å². The molecule has 2 N–H and O–H groups in total. The lowest BCUT2D eigenvalue weighted by Crippen LogP contribution is -2.36. The number of nitrogens with one attached hydrogen (secondary N) is 1. The molecule has 1 aromatic rings. The summed E-state index contributed by atoms with van der Waals surface area (Å²) >= 11 is 1.42. The van der Waals surface area contributed by atoms with Crippen LogP contribution in [0.5, 0.6) is 0 Å². The molecule has 1 aliphatic carbocycles. The molecule has 0 radical (unpaired) electrons. The molecule has 2 unspecified atom stereocenters. The lowest BCUT2D eigenvalue weighted by Gasteiger charge is -2.29. The zero-order chi connectivity index (χ0) is 11.6. The van der Waals surface area contributed by atoms with Gasteiger partial charge in [-0.25, -0.2) is 4.98 Å². The summed E-state index contributed by atoms with van der Waals surface area (Å²) in [5.41, 5.74) is -0.00194. The normalized spacial score (nSPS) is 29.6. The number of nitrogens with zero attached hydrogens (tertiary/aromatic N) is 2. The number of anilines is 1. The van der Waals surface area contributed by atoms with Gasteiger partial charge in [0.1, 0.15) is 5.82 Å². The van der Waals surface area contributed by atoms with E-state index in [9.17, 15) is 5.11 Å². The Balaban J connectivity index is 2.03. The molecular formula is C11H19N3OS. The highest BCUT2D eigenvalue weighted by Crippen LogP contribution is 2.39. The maximum Gasteiger partial charge on any atom is 0.202 e. The molecule has 0 aromatic carbocycles. The molecule has 1 aliphatic rings. The molecule has 90 valence electrons. The Labute approximate surface area is 100 Å². The second-order valence-electron chi connectivity index (χ2n) is 4.77. The minimum atomic E-state index is -0.00194. The molecule has 2 rings (SSSR count). The maximum atomic E-state index is 9.45. The fraction of sp³-hybridized carbons (Fsp3) is 0.818. The molecule has 1 saturated carbocycles. The van der Waals surface area contributed by atoms with Crippen molar-refractivity contribution in [1.82, 2.24) is 9.36 Å². The van der Waals surface area contributed by atoms with Gasteiger partial charge in [-0.05, 0) is 12.8 Å². The van der Waals surface area contributed by atoms with Crippen LogP contribution in [-0.4, -0.2) is 27.1 Å². The number of hydrogen-bond acceptors (Lipinski definition) is 5. The van der Waals surface area contributed by atoms with E-state index < -0.39 is 0 Å². The molecular weight excluding hydrogens is 222 g/mol. The second-order valence-corrected chi connectivity index (χ2v) is 5.52. The predicted octanol–water partition coefficient (Wildman–Crippen LogP) is 2.06. The largest absolute Gasteiger partial charge is 0.396 e. The van der Waals surface area contributed by atoms with E-state index in [4.69, 9.17) is 0 Å². The summed E-state index contributed by atoms with van der Waals surface area (Å²) in [7, 11) is 0. The zero-order valence-corrected chi connectivity index (χ0v) is 10.7. The van der Waals surface area contributed by atoms with Crippen molar-refractivity contribution in [3.63, 3.8) is 0 Å². The van der Waals surface area contributed by atoms with Crippen LogP contribution in [0.1, 0.15) is 38.9 Å². The van der Waals surface area contributed by atoms with E-state index in [1.807, 2.05) is 0 Å². The van der Waals surface area contributed by atoms with Crippen molar-refractivity contribution in [3.05, 3.63) is 5.82 Å². The summed E-state index contributed by atoms with van der Waals surface area (Å²) in [6.45, 7) is 4.43. The van der Waals surface area contributed by atoms with Gasteiger partial charge < -0.3 is 10.4 Å². The molecule has 1 aromatic heterocycles. The maximum absolute atomic E-state index is 9.45. The van der Waals surface area contributed by atoms with Crippen LogP contribution in [-0.2, 0) is 6.42 Å². The standard InChI is InChI=1S/C11H19N3OS/c1-3-9-13-10(16-14-9)12-8-5-4-6-11(8,2)7-15/h8,15H,3-7H2,1-2H3,(H,12,13,14). The minimum absolute atomic E-state index is 0.00194. The molecule has 2 atom stereocenters. The summed E-state index contributed by atoms with van der Waals surface area (Å²) in [6, 6.07) is 0.329. The highest BCUT2D eigenvalue weighted by Gasteiger charge is 2.38. The van der Waals surface area contributed by atoms with E-state index >= 15 is 0 Å². The van der Waals surface area contributed by atoms with Gasteiger partial charge in [0, 0.05) is 29.4 Å². The molecule has 0 amide bonds. The van der Waals surface area contributed by atoms with Crippen molar-refractivity contribution in [3.8, 4) is 0 Å². The third-order valence-electron chi connectivity index (χ3n) is 3.53. The van der Waals surface area contributed by atoms with Crippen LogP contribution >= 0.6 is 11.5 Å². The van der Waals surface area contributed by atoms with Gasteiger partial charge in [0.2, 0.25) is 5.13 Å². The first-order valence-electron chi connectivity index (χ1n) is 5.88. The lowest BCUT2D eigenvalue weighted by atomic mass is 9.86. The summed E-state index contributed by atoms with van der Waals surface area (Å²) in [5.74, 6) is 0.899. The summed E-state index contributed by atoms with van der Waals surface area (Å²) in [4.78, 5) is 4.41. The van der Waals surface area contributed by atoms with Crippen molar-refractivity contribution in [2.45, 2.75) is 45.6 Å². The van der Waals surface area contributed by atoms with Crippen LogP contribution in [0.2, 0.25) is 0 Å². The molecule has 0 bridgehead atoms. The quantitative estimate of drug-likeness (QED) is 0.847. The Morgan fingerprint density at radius 3 is 3.06 bits per heavy atom. The average molecular weight is 241 g/mol. The van der Waals surface area contributed by atoms with Crippen LogP contribution in [0.4, 0.5) is 5.13 Å². The first-order valence-corrected chi connectivity index (χ1v) is 6.65. The molecule has 4 nitrogen and oxygen atoms in total. The summed E-state index contributed by atoms with van der Waals surface area (Å²) < 4.78 is 4.26. The number of aliphatic hydroxyl groups is 1. The van der Waals surface area contributed by atoms with Crippen LogP contribution in [0.25, 0.3) is 0 Å². The zero-order valence-electron chi connectivity index (χ0n) is 9.86. The van der Waals surface area contributed by atoms with Crippen LogP contribution in [0.3, 0.4) is 0 Å². The number of aromatic nitrogens is 2. The van der Waals surface area contributed by atoms with Crippen LogP contribution in [0.15, 0.2) is 0 Å². The fourth-order valence-corrected chi connectivity index (χ4v) is 2.98. The molecule has 0 saturated heterocycles. The van der Waals surface area contributed by atoms with E-state index in [1.165, 1.54) is 18.0 Å². The molecule has 16 heavy (non-hydrogen) atoms. The Kier molecular flexibility index (Phi) is 3.44.